The van der Waals surface area contributed by atoms with Crippen LogP contribution in [0.15, 0.2) is 84.9 Å². The van der Waals surface area contributed by atoms with Crippen molar-refractivity contribution in [2.24, 2.45) is 0 Å². The average molecular weight is 466 g/mol. The van der Waals surface area contributed by atoms with Gasteiger partial charge in [-0.15, -0.1) is 0 Å². The molecule has 0 radical (unpaired) electrons. The first-order chi connectivity index (χ1) is 15.9. The van der Waals surface area contributed by atoms with E-state index >= 15 is 4.39 Å². The normalized spacial score (nSPS) is 22.0. The fourth-order valence-corrected chi connectivity index (χ4v) is 5.02. The van der Waals surface area contributed by atoms with Crippen LogP contribution in [0.2, 0.25) is 5.02 Å². The third kappa shape index (κ3) is 5.13. The number of esters is 1. The van der Waals surface area contributed by atoms with Gasteiger partial charge in [0.2, 0.25) is 0 Å². The van der Waals surface area contributed by atoms with E-state index in [2.05, 4.69) is 5.32 Å². The minimum absolute atomic E-state index is 0.181. The standard InChI is InChI=1S/C28H29ClFNO2/c1-2-25(32)33-26-27(19-21-9-5-3-6-10-21,20-22-11-7-4-8-12-22)31-18-17-28(26,30)23-13-15-24(29)16-14-23/h3-16,26,31H,2,17-20H2,1H3. The topological polar surface area (TPSA) is 38.3 Å². The molecule has 1 aliphatic rings. The van der Waals surface area contributed by atoms with Crippen molar-refractivity contribution in [3.05, 3.63) is 107 Å². The van der Waals surface area contributed by atoms with E-state index in [0.29, 0.717) is 30.0 Å². The Morgan fingerprint density at radius 3 is 2.03 bits per heavy atom. The van der Waals surface area contributed by atoms with E-state index in [1.165, 1.54) is 0 Å². The van der Waals surface area contributed by atoms with Gasteiger partial charge in [0.25, 0.3) is 0 Å². The molecule has 5 heteroatoms. The first kappa shape index (κ1) is 23.5. The Bertz CT molecular complexity index is 1020. The first-order valence-corrected chi connectivity index (χ1v) is 11.8. The fraction of sp³-hybridized carbons (Fsp3) is 0.321. The minimum Gasteiger partial charge on any atom is -0.457 e. The summed E-state index contributed by atoms with van der Waals surface area (Å²) in [5.41, 5.74) is -0.102. The van der Waals surface area contributed by atoms with Crippen LogP contribution in [-0.2, 0) is 28.0 Å². The Morgan fingerprint density at radius 2 is 1.52 bits per heavy atom. The molecule has 3 aromatic rings. The van der Waals surface area contributed by atoms with Crippen molar-refractivity contribution in [3.8, 4) is 0 Å². The number of benzene rings is 3. The zero-order valence-electron chi connectivity index (χ0n) is 18.8. The Hall–Kier alpha value is -2.69. The predicted octanol–water partition coefficient (Wildman–Crippen LogP) is 6.04. The number of rotatable bonds is 7. The van der Waals surface area contributed by atoms with Crippen molar-refractivity contribution in [1.82, 2.24) is 5.32 Å². The van der Waals surface area contributed by atoms with Gasteiger partial charge in [-0.25, -0.2) is 4.39 Å². The molecule has 0 saturated carbocycles. The van der Waals surface area contributed by atoms with E-state index in [1.54, 1.807) is 31.2 Å². The Balaban J connectivity index is 1.84. The lowest BCUT2D eigenvalue weighted by Crippen LogP contribution is -2.69. The molecule has 33 heavy (non-hydrogen) atoms. The van der Waals surface area contributed by atoms with Gasteiger partial charge >= 0.3 is 5.97 Å². The van der Waals surface area contributed by atoms with Crippen molar-refractivity contribution in [2.45, 2.75) is 49.9 Å². The van der Waals surface area contributed by atoms with Crippen LogP contribution < -0.4 is 5.32 Å². The van der Waals surface area contributed by atoms with Gasteiger partial charge in [0.1, 0.15) is 0 Å². The van der Waals surface area contributed by atoms with Gasteiger partial charge in [0.05, 0.1) is 5.54 Å². The molecule has 1 fully saturated rings. The van der Waals surface area contributed by atoms with Gasteiger partial charge in [0.15, 0.2) is 11.8 Å². The summed E-state index contributed by atoms with van der Waals surface area (Å²) < 4.78 is 23.1. The lowest BCUT2D eigenvalue weighted by atomic mass is 9.68. The maximum absolute atomic E-state index is 17.1. The minimum atomic E-state index is -1.86. The van der Waals surface area contributed by atoms with Crippen molar-refractivity contribution in [3.63, 3.8) is 0 Å². The summed E-state index contributed by atoms with van der Waals surface area (Å²) >= 11 is 6.09. The summed E-state index contributed by atoms with van der Waals surface area (Å²) in [6.45, 7) is 2.19. The molecule has 1 N–H and O–H groups in total. The number of hydrogen-bond donors (Lipinski definition) is 1. The van der Waals surface area contributed by atoms with Crippen LogP contribution in [0.4, 0.5) is 4.39 Å². The van der Waals surface area contributed by atoms with Gasteiger partial charge in [-0.3, -0.25) is 4.79 Å². The van der Waals surface area contributed by atoms with E-state index < -0.39 is 23.3 Å². The van der Waals surface area contributed by atoms with Gasteiger partial charge < -0.3 is 10.1 Å². The van der Waals surface area contributed by atoms with Crippen LogP contribution in [0.25, 0.3) is 0 Å². The molecule has 0 amide bonds. The molecule has 4 rings (SSSR count). The van der Waals surface area contributed by atoms with Crippen molar-refractivity contribution in [2.75, 3.05) is 6.54 Å². The Labute approximate surface area is 199 Å². The highest BCUT2D eigenvalue weighted by atomic mass is 35.5. The second-order valence-electron chi connectivity index (χ2n) is 8.75. The van der Waals surface area contributed by atoms with Crippen LogP contribution in [-0.4, -0.2) is 24.2 Å². The molecule has 1 aliphatic heterocycles. The predicted molar refractivity (Wildman–Crippen MR) is 130 cm³/mol. The molecular formula is C28H29ClFNO2. The van der Waals surface area contributed by atoms with Crippen LogP contribution in [0.5, 0.6) is 0 Å². The molecule has 0 aliphatic carbocycles. The smallest absolute Gasteiger partial charge is 0.305 e. The summed E-state index contributed by atoms with van der Waals surface area (Å²) in [5.74, 6) is -0.412. The number of alkyl halides is 1. The monoisotopic (exact) mass is 465 g/mol. The highest BCUT2D eigenvalue weighted by Gasteiger charge is 2.57. The number of carbonyl (C=O) groups is 1. The van der Waals surface area contributed by atoms with Gasteiger partial charge in [-0.1, -0.05) is 91.3 Å². The molecule has 172 valence electrons. The maximum atomic E-state index is 17.1. The van der Waals surface area contributed by atoms with Crippen LogP contribution >= 0.6 is 11.6 Å². The number of piperidine rings is 1. The molecule has 3 nitrogen and oxygen atoms in total. The number of halogens is 2. The van der Waals surface area contributed by atoms with Gasteiger partial charge in [-0.2, -0.15) is 0 Å². The van der Waals surface area contributed by atoms with Crippen molar-refractivity contribution >= 4 is 17.6 Å². The van der Waals surface area contributed by atoms with E-state index in [0.717, 1.165) is 11.1 Å². The maximum Gasteiger partial charge on any atom is 0.305 e. The molecule has 1 saturated heterocycles. The largest absolute Gasteiger partial charge is 0.457 e. The van der Waals surface area contributed by atoms with Gasteiger partial charge in [0, 0.05) is 17.9 Å². The van der Waals surface area contributed by atoms with Crippen LogP contribution in [0.1, 0.15) is 36.5 Å². The Kier molecular flexibility index (Phi) is 7.16. The molecule has 0 aromatic heterocycles. The molecule has 2 atom stereocenters. The van der Waals surface area contributed by atoms with Crippen molar-refractivity contribution in [1.29, 1.82) is 0 Å². The van der Waals surface area contributed by atoms with Crippen molar-refractivity contribution < 1.29 is 13.9 Å². The average Bonchev–Trinajstić information content (AvgIpc) is 2.83. The zero-order chi connectivity index (χ0) is 23.3. The fourth-order valence-electron chi connectivity index (χ4n) is 4.89. The first-order valence-electron chi connectivity index (χ1n) is 11.4. The number of nitrogens with one attached hydrogen (secondary N) is 1. The summed E-state index contributed by atoms with van der Waals surface area (Å²) in [5, 5.41) is 4.14. The SMILES string of the molecule is CCC(=O)OC1C(Cc2ccccc2)(Cc2ccccc2)NCCC1(F)c1ccc(Cl)cc1. The number of carbonyl (C=O) groups excluding carboxylic acids is 1. The van der Waals surface area contributed by atoms with Crippen LogP contribution in [0, 0.1) is 0 Å². The second kappa shape index (κ2) is 10.1. The molecule has 3 aromatic carbocycles. The number of hydrogen-bond acceptors (Lipinski definition) is 3. The molecule has 0 bridgehead atoms. The molecular weight excluding hydrogens is 437 g/mol. The quantitative estimate of drug-likeness (QED) is 0.432. The summed E-state index contributed by atoms with van der Waals surface area (Å²) in [6.07, 6.45) is 0.391. The summed E-state index contributed by atoms with van der Waals surface area (Å²) in [4.78, 5) is 12.6. The van der Waals surface area contributed by atoms with Crippen LogP contribution in [0.3, 0.4) is 0 Å². The highest BCUT2D eigenvalue weighted by Crippen LogP contribution is 2.45. The second-order valence-corrected chi connectivity index (χ2v) is 9.19. The van der Waals surface area contributed by atoms with E-state index in [9.17, 15) is 4.79 Å². The highest BCUT2D eigenvalue weighted by molar-refractivity contribution is 6.30. The third-order valence-electron chi connectivity index (χ3n) is 6.47. The van der Waals surface area contributed by atoms with E-state index in [1.807, 2.05) is 60.7 Å². The molecule has 0 spiro atoms. The Morgan fingerprint density at radius 1 is 0.970 bits per heavy atom. The molecule has 1 heterocycles. The third-order valence-corrected chi connectivity index (χ3v) is 6.72. The lowest BCUT2D eigenvalue weighted by molar-refractivity contribution is -0.175. The van der Waals surface area contributed by atoms with Gasteiger partial charge in [-0.05, 0) is 48.2 Å². The lowest BCUT2D eigenvalue weighted by Gasteiger charge is -2.51. The summed E-state index contributed by atoms with van der Waals surface area (Å²) in [6, 6.07) is 26.7. The zero-order valence-corrected chi connectivity index (χ0v) is 19.5. The number of ether oxygens (including phenoxy) is 1. The molecule has 2 unspecified atom stereocenters. The van der Waals surface area contributed by atoms with E-state index in [4.69, 9.17) is 16.3 Å². The van der Waals surface area contributed by atoms with E-state index in [-0.39, 0.29) is 12.8 Å². The summed E-state index contributed by atoms with van der Waals surface area (Å²) in [7, 11) is 0.